The third-order valence-electron chi connectivity index (χ3n) is 8.54. The van der Waals surface area contributed by atoms with Crippen molar-refractivity contribution in [2.75, 3.05) is 0 Å². The molecule has 188 valence electrons. The van der Waals surface area contributed by atoms with Gasteiger partial charge in [-0.15, -0.1) is 0 Å². The molecule has 1 N–H and O–H groups in total. The number of carbonyl (C=O) groups excluding carboxylic acids is 1. The van der Waals surface area contributed by atoms with Crippen LogP contribution in [0.5, 0.6) is 0 Å². The van der Waals surface area contributed by atoms with Crippen molar-refractivity contribution in [3.05, 3.63) is 89.6 Å². The van der Waals surface area contributed by atoms with E-state index in [1.165, 1.54) is 11.1 Å². The molecule has 2 fully saturated rings. The van der Waals surface area contributed by atoms with Gasteiger partial charge in [-0.1, -0.05) is 60.7 Å². The van der Waals surface area contributed by atoms with Gasteiger partial charge in [-0.25, -0.2) is 0 Å². The number of carbonyl (C=O) groups is 2. The molecule has 0 aliphatic heterocycles. The van der Waals surface area contributed by atoms with Crippen molar-refractivity contribution in [1.82, 2.24) is 9.78 Å². The fourth-order valence-corrected chi connectivity index (χ4v) is 6.86. The molecule has 0 amide bonds. The van der Waals surface area contributed by atoms with Crippen LogP contribution in [0.4, 0.5) is 0 Å². The third-order valence-corrected chi connectivity index (χ3v) is 8.54. The second-order valence-corrected chi connectivity index (χ2v) is 11.3. The Morgan fingerprint density at radius 3 is 2.22 bits per heavy atom. The number of Topliss-reactive ketones (excluding diaryl/α,β-unsaturated/α-hetero) is 1. The lowest BCUT2D eigenvalue weighted by atomic mass is 9.47. The summed E-state index contributed by atoms with van der Waals surface area (Å²) in [7, 11) is 0. The molecule has 0 bridgehead atoms. The second kappa shape index (κ2) is 9.29. The van der Waals surface area contributed by atoms with Crippen molar-refractivity contribution in [3.63, 3.8) is 0 Å². The third kappa shape index (κ3) is 4.59. The largest absolute Gasteiger partial charge is 0.481 e. The summed E-state index contributed by atoms with van der Waals surface area (Å²) in [6.07, 6.45) is 6.85. The van der Waals surface area contributed by atoms with Gasteiger partial charge in [-0.3, -0.25) is 14.3 Å². The van der Waals surface area contributed by atoms with E-state index in [1.54, 1.807) is 0 Å². The van der Waals surface area contributed by atoms with E-state index in [0.717, 1.165) is 53.3 Å². The summed E-state index contributed by atoms with van der Waals surface area (Å²) in [4.78, 5) is 24.4. The van der Waals surface area contributed by atoms with Crippen LogP contribution < -0.4 is 0 Å². The first-order valence-corrected chi connectivity index (χ1v) is 13.2. The predicted molar refractivity (Wildman–Crippen MR) is 145 cm³/mol. The average molecular weight is 493 g/mol. The SMILES string of the molecule is Cc1ccc(C(=O)CC2CC3(CC(CC(=O)O)C3)C2)c2c1cnn2Cc1ccc(-c2ccccc2)cc1. The minimum absolute atomic E-state index is 0.187. The van der Waals surface area contributed by atoms with Gasteiger partial charge in [0.1, 0.15) is 0 Å². The van der Waals surface area contributed by atoms with Crippen LogP contribution in [-0.2, 0) is 11.3 Å². The molecular formula is C32H32N2O3. The zero-order valence-electron chi connectivity index (χ0n) is 21.2. The van der Waals surface area contributed by atoms with Crippen LogP contribution in [0.2, 0.25) is 0 Å². The number of hydrogen-bond acceptors (Lipinski definition) is 3. The number of benzene rings is 3. The van der Waals surface area contributed by atoms with Gasteiger partial charge in [0.15, 0.2) is 5.78 Å². The van der Waals surface area contributed by atoms with Gasteiger partial charge in [0, 0.05) is 23.8 Å². The van der Waals surface area contributed by atoms with Gasteiger partial charge in [0.05, 0.1) is 18.3 Å². The Balaban J connectivity index is 1.17. The highest BCUT2D eigenvalue weighted by Gasteiger charge is 2.53. The number of ketones is 1. The maximum absolute atomic E-state index is 13.5. The Hall–Kier alpha value is -3.73. The fraction of sp³-hybridized carbons (Fsp3) is 0.344. The van der Waals surface area contributed by atoms with E-state index in [-0.39, 0.29) is 12.2 Å². The van der Waals surface area contributed by atoms with Gasteiger partial charge in [0.25, 0.3) is 0 Å². The van der Waals surface area contributed by atoms with Crippen LogP contribution in [0.3, 0.4) is 0 Å². The lowest BCUT2D eigenvalue weighted by Gasteiger charge is -2.58. The topological polar surface area (TPSA) is 72.2 Å². The van der Waals surface area contributed by atoms with Crippen molar-refractivity contribution >= 4 is 22.7 Å². The number of nitrogens with zero attached hydrogens (tertiary/aromatic N) is 2. The summed E-state index contributed by atoms with van der Waals surface area (Å²) >= 11 is 0. The molecule has 3 aromatic carbocycles. The first-order valence-electron chi connectivity index (χ1n) is 13.2. The monoisotopic (exact) mass is 492 g/mol. The summed E-state index contributed by atoms with van der Waals surface area (Å²) in [6.45, 7) is 2.68. The number of rotatable bonds is 8. The van der Waals surface area contributed by atoms with Gasteiger partial charge in [-0.05, 0) is 78.2 Å². The fourth-order valence-electron chi connectivity index (χ4n) is 6.86. The highest BCUT2D eigenvalue weighted by atomic mass is 16.4. The standard InChI is InChI=1S/C32H32N2O3/c1-21-7-12-27(29(35)13-23-15-32(16-23)17-24(18-32)14-30(36)37)31-28(21)19-33-34(31)20-22-8-10-26(11-9-22)25-5-3-2-4-6-25/h2-12,19,23-24H,13-18,20H2,1H3,(H,36,37). The van der Waals surface area contributed by atoms with Gasteiger partial charge >= 0.3 is 5.97 Å². The molecule has 0 saturated heterocycles. The Morgan fingerprint density at radius 1 is 0.892 bits per heavy atom. The van der Waals surface area contributed by atoms with E-state index in [4.69, 9.17) is 5.11 Å². The van der Waals surface area contributed by atoms with E-state index in [1.807, 2.05) is 41.2 Å². The molecule has 6 rings (SSSR count). The van der Waals surface area contributed by atoms with Crippen molar-refractivity contribution in [1.29, 1.82) is 0 Å². The Bertz CT molecular complexity index is 1460. The molecule has 5 heteroatoms. The number of aryl methyl sites for hydroxylation is 1. The number of aromatic nitrogens is 2. The van der Waals surface area contributed by atoms with E-state index >= 15 is 0 Å². The molecule has 1 heterocycles. The molecule has 1 aromatic heterocycles. The van der Waals surface area contributed by atoms with Crippen molar-refractivity contribution in [3.8, 4) is 11.1 Å². The highest BCUT2D eigenvalue weighted by molar-refractivity contribution is 6.07. The number of aliphatic carboxylic acids is 1. The summed E-state index contributed by atoms with van der Waals surface area (Å²) < 4.78 is 1.97. The molecule has 37 heavy (non-hydrogen) atoms. The normalized spacial score (nSPS) is 22.5. The van der Waals surface area contributed by atoms with Gasteiger partial charge in [-0.2, -0.15) is 5.10 Å². The molecule has 4 aromatic rings. The Morgan fingerprint density at radius 2 is 1.54 bits per heavy atom. The summed E-state index contributed by atoms with van der Waals surface area (Å²) in [5.41, 5.74) is 6.64. The van der Waals surface area contributed by atoms with Gasteiger partial charge < -0.3 is 5.11 Å². The van der Waals surface area contributed by atoms with Crippen molar-refractivity contribution < 1.29 is 14.7 Å². The number of fused-ring (bicyclic) bond motifs is 1. The molecule has 5 nitrogen and oxygen atoms in total. The highest BCUT2D eigenvalue weighted by Crippen LogP contribution is 2.62. The summed E-state index contributed by atoms with van der Waals surface area (Å²) in [6, 6.07) is 22.9. The maximum Gasteiger partial charge on any atom is 0.303 e. The molecule has 2 saturated carbocycles. The minimum atomic E-state index is -0.696. The van der Waals surface area contributed by atoms with Crippen molar-refractivity contribution in [2.24, 2.45) is 17.3 Å². The molecule has 2 aliphatic rings. The Kier molecular flexibility index (Phi) is 5.94. The number of carboxylic acid groups (broad SMARTS) is 1. The average Bonchev–Trinajstić information content (AvgIpc) is 3.27. The maximum atomic E-state index is 13.5. The second-order valence-electron chi connectivity index (χ2n) is 11.3. The van der Waals surface area contributed by atoms with Crippen LogP contribution in [0.15, 0.2) is 72.9 Å². The van der Waals surface area contributed by atoms with E-state index in [2.05, 4.69) is 48.4 Å². The Labute approximate surface area is 217 Å². The quantitative estimate of drug-likeness (QED) is 0.271. The van der Waals surface area contributed by atoms with E-state index in [9.17, 15) is 9.59 Å². The van der Waals surface area contributed by atoms with Crippen LogP contribution in [0.25, 0.3) is 22.0 Å². The van der Waals surface area contributed by atoms with Crippen LogP contribution in [0.1, 0.15) is 60.0 Å². The molecule has 2 aliphatic carbocycles. The lowest BCUT2D eigenvalue weighted by molar-refractivity contribution is -0.142. The van der Waals surface area contributed by atoms with Crippen LogP contribution >= 0.6 is 0 Å². The van der Waals surface area contributed by atoms with E-state index in [0.29, 0.717) is 30.2 Å². The molecule has 1 spiro atoms. The summed E-state index contributed by atoms with van der Waals surface area (Å²) in [5, 5.41) is 14.7. The number of carboxylic acids is 1. The molecule has 0 radical (unpaired) electrons. The first-order chi connectivity index (χ1) is 17.9. The first kappa shape index (κ1) is 23.7. The zero-order valence-corrected chi connectivity index (χ0v) is 21.2. The predicted octanol–water partition coefficient (Wildman–Crippen LogP) is 6.91. The van der Waals surface area contributed by atoms with Crippen LogP contribution in [-0.4, -0.2) is 26.6 Å². The summed E-state index contributed by atoms with van der Waals surface area (Å²) in [5.74, 6) is 0.212. The number of hydrogen-bond donors (Lipinski definition) is 1. The van der Waals surface area contributed by atoms with Crippen LogP contribution in [0, 0.1) is 24.2 Å². The lowest BCUT2D eigenvalue weighted by Crippen LogP contribution is -2.48. The van der Waals surface area contributed by atoms with Gasteiger partial charge in [0.2, 0.25) is 0 Å². The smallest absolute Gasteiger partial charge is 0.303 e. The molecule has 0 atom stereocenters. The molecule has 0 unspecified atom stereocenters. The zero-order chi connectivity index (χ0) is 25.6. The minimum Gasteiger partial charge on any atom is -0.481 e. The van der Waals surface area contributed by atoms with E-state index < -0.39 is 5.97 Å². The van der Waals surface area contributed by atoms with Crippen molar-refractivity contribution in [2.45, 2.75) is 52.0 Å². The molecular weight excluding hydrogens is 460 g/mol.